The van der Waals surface area contributed by atoms with Crippen molar-refractivity contribution in [3.05, 3.63) is 46.2 Å². The number of nitrogen functional groups attached to an aromatic ring is 1. The van der Waals surface area contributed by atoms with Gasteiger partial charge in [0.1, 0.15) is 6.61 Å². The number of nitrogens with two attached hydrogens (primary N) is 1. The fraction of sp³-hybridized carbons (Fsp3) is 0.167. The highest BCUT2D eigenvalue weighted by atomic mass is 79.9. The standard InChI is InChI=1S/C12H12BrN3O2/c1-16-6-8(5-15-16)7-18-12(17)9-2-10(13)4-11(14)3-9/h2-6H,7,14H2,1H3. The summed E-state index contributed by atoms with van der Waals surface area (Å²) < 4.78 is 7.57. The Labute approximate surface area is 113 Å². The molecule has 1 heterocycles. The zero-order valence-corrected chi connectivity index (χ0v) is 11.3. The molecule has 0 aliphatic carbocycles. The van der Waals surface area contributed by atoms with Crippen molar-refractivity contribution in [3.8, 4) is 0 Å². The van der Waals surface area contributed by atoms with Gasteiger partial charge in [0.2, 0.25) is 0 Å². The summed E-state index contributed by atoms with van der Waals surface area (Å²) >= 11 is 3.28. The van der Waals surface area contributed by atoms with Crippen LogP contribution < -0.4 is 5.73 Å². The quantitative estimate of drug-likeness (QED) is 0.696. The second-order valence-electron chi connectivity index (χ2n) is 3.87. The van der Waals surface area contributed by atoms with Crippen molar-refractivity contribution in [2.24, 2.45) is 7.05 Å². The molecule has 0 unspecified atom stereocenters. The molecular formula is C12H12BrN3O2. The Morgan fingerprint density at radius 2 is 2.28 bits per heavy atom. The average Bonchev–Trinajstić information content (AvgIpc) is 2.70. The molecule has 2 N–H and O–H groups in total. The van der Waals surface area contributed by atoms with Gasteiger partial charge >= 0.3 is 5.97 Å². The molecule has 0 radical (unpaired) electrons. The summed E-state index contributed by atoms with van der Waals surface area (Å²) in [6.45, 7) is 0.194. The van der Waals surface area contributed by atoms with Gasteiger partial charge in [-0.1, -0.05) is 15.9 Å². The summed E-state index contributed by atoms with van der Waals surface area (Å²) in [6, 6.07) is 4.97. The second kappa shape index (κ2) is 5.22. The predicted molar refractivity (Wildman–Crippen MR) is 70.9 cm³/mol. The van der Waals surface area contributed by atoms with Crippen molar-refractivity contribution in [3.63, 3.8) is 0 Å². The van der Waals surface area contributed by atoms with Gasteiger partial charge in [-0.05, 0) is 18.2 Å². The second-order valence-corrected chi connectivity index (χ2v) is 4.79. The Morgan fingerprint density at radius 1 is 1.50 bits per heavy atom. The third-order valence-electron chi connectivity index (χ3n) is 2.28. The summed E-state index contributed by atoms with van der Waals surface area (Å²) in [4.78, 5) is 11.8. The molecule has 0 fully saturated rings. The number of benzene rings is 1. The van der Waals surface area contributed by atoms with Crippen LogP contribution in [0.3, 0.4) is 0 Å². The Balaban J connectivity index is 2.03. The van der Waals surface area contributed by atoms with Gasteiger partial charge in [0, 0.05) is 29.0 Å². The van der Waals surface area contributed by atoms with Gasteiger partial charge in [0.05, 0.1) is 11.8 Å². The van der Waals surface area contributed by atoms with Gasteiger partial charge in [0.15, 0.2) is 0 Å². The molecule has 0 aliphatic rings. The number of rotatable bonds is 3. The van der Waals surface area contributed by atoms with E-state index in [1.54, 1.807) is 42.3 Å². The summed E-state index contributed by atoms with van der Waals surface area (Å²) in [5, 5.41) is 3.99. The van der Waals surface area contributed by atoms with E-state index in [0.717, 1.165) is 10.0 Å². The number of hydrogen-bond donors (Lipinski definition) is 1. The lowest BCUT2D eigenvalue weighted by atomic mass is 10.2. The molecule has 0 amide bonds. The van der Waals surface area contributed by atoms with Crippen LogP contribution in [0.2, 0.25) is 0 Å². The van der Waals surface area contributed by atoms with Gasteiger partial charge < -0.3 is 10.5 Å². The van der Waals surface area contributed by atoms with E-state index in [-0.39, 0.29) is 6.61 Å². The fourth-order valence-electron chi connectivity index (χ4n) is 1.51. The van der Waals surface area contributed by atoms with E-state index >= 15 is 0 Å². The van der Waals surface area contributed by atoms with Crippen molar-refractivity contribution in [1.82, 2.24) is 9.78 Å². The van der Waals surface area contributed by atoms with Crippen LogP contribution in [-0.4, -0.2) is 15.7 Å². The first-order valence-electron chi connectivity index (χ1n) is 5.25. The van der Waals surface area contributed by atoms with E-state index in [1.165, 1.54) is 0 Å². The molecule has 5 nitrogen and oxygen atoms in total. The summed E-state index contributed by atoms with van der Waals surface area (Å²) in [5.74, 6) is -0.410. The maximum absolute atomic E-state index is 11.8. The molecule has 0 atom stereocenters. The van der Waals surface area contributed by atoms with Gasteiger partial charge in [0.25, 0.3) is 0 Å². The van der Waals surface area contributed by atoms with E-state index in [9.17, 15) is 4.79 Å². The highest BCUT2D eigenvalue weighted by Crippen LogP contribution is 2.18. The highest BCUT2D eigenvalue weighted by Gasteiger charge is 2.09. The normalized spacial score (nSPS) is 10.3. The Kier molecular flexibility index (Phi) is 3.66. The lowest BCUT2D eigenvalue weighted by molar-refractivity contribution is 0.0472. The van der Waals surface area contributed by atoms with E-state index in [4.69, 9.17) is 10.5 Å². The van der Waals surface area contributed by atoms with E-state index in [1.807, 2.05) is 0 Å². The average molecular weight is 310 g/mol. The van der Waals surface area contributed by atoms with Crippen LogP contribution in [0, 0.1) is 0 Å². The first kappa shape index (κ1) is 12.6. The van der Waals surface area contributed by atoms with E-state index in [2.05, 4.69) is 21.0 Å². The van der Waals surface area contributed by atoms with Crippen molar-refractivity contribution in [1.29, 1.82) is 0 Å². The highest BCUT2D eigenvalue weighted by molar-refractivity contribution is 9.10. The fourth-order valence-corrected chi connectivity index (χ4v) is 2.02. The number of hydrogen-bond acceptors (Lipinski definition) is 4. The van der Waals surface area contributed by atoms with Crippen LogP contribution >= 0.6 is 15.9 Å². The summed E-state index contributed by atoms with van der Waals surface area (Å²) in [7, 11) is 1.81. The number of carbonyl (C=O) groups is 1. The molecule has 0 saturated heterocycles. The topological polar surface area (TPSA) is 70.1 Å². The van der Waals surface area contributed by atoms with Crippen molar-refractivity contribution in [2.75, 3.05) is 5.73 Å². The first-order valence-corrected chi connectivity index (χ1v) is 6.04. The van der Waals surface area contributed by atoms with Crippen molar-refractivity contribution >= 4 is 27.6 Å². The van der Waals surface area contributed by atoms with Gasteiger partial charge in [-0.3, -0.25) is 4.68 Å². The third-order valence-corrected chi connectivity index (χ3v) is 2.74. The number of nitrogens with zero attached hydrogens (tertiary/aromatic N) is 2. The minimum atomic E-state index is -0.410. The lowest BCUT2D eigenvalue weighted by Crippen LogP contribution is -2.05. The molecule has 94 valence electrons. The van der Waals surface area contributed by atoms with Crippen LogP contribution in [-0.2, 0) is 18.4 Å². The minimum absolute atomic E-state index is 0.194. The Bertz CT molecular complexity index is 560. The molecule has 2 aromatic rings. The summed E-state index contributed by atoms with van der Waals surface area (Å²) in [6.07, 6.45) is 3.45. The van der Waals surface area contributed by atoms with Gasteiger partial charge in [-0.25, -0.2) is 4.79 Å². The van der Waals surface area contributed by atoms with E-state index in [0.29, 0.717) is 11.3 Å². The molecule has 1 aromatic carbocycles. The molecule has 0 aliphatic heterocycles. The van der Waals surface area contributed by atoms with E-state index < -0.39 is 5.97 Å². The number of halogens is 1. The third kappa shape index (κ3) is 3.10. The zero-order chi connectivity index (χ0) is 13.1. The smallest absolute Gasteiger partial charge is 0.338 e. The van der Waals surface area contributed by atoms with Crippen LogP contribution in [0.4, 0.5) is 5.69 Å². The van der Waals surface area contributed by atoms with Gasteiger partial charge in [-0.15, -0.1) is 0 Å². The van der Waals surface area contributed by atoms with Crippen LogP contribution in [0.5, 0.6) is 0 Å². The summed E-state index contributed by atoms with van der Waals surface area (Å²) in [5.41, 5.74) is 7.43. The Morgan fingerprint density at radius 3 is 2.89 bits per heavy atom. The van der Waals surface area contributed by atoms with Crippen molar-refractivity contribution < 1.29 is 9.53 Å². The molecular weight excluding hydrogens is 298 g/mol. The Hall–Kier alpha value is -1.82. The lowest BCUT2D eigenvalue weighted by Gasteiger charge is -2.04. The zero-order valence-electron chi connectivity index (χ0n) is 9.76. The first-order chi connectivity index (χ1) is 8.54. The van der Waals surface area contributed by atoms with Gasteiger partial charge in [-0.2, -0.15) is 5.10 Å². The predicted octanol–water partition coefficient (Wildman–Crippen LogP) is 2.12. The number of aromatic nitrogens is 2. The number of carbonyl (C=O) groups excluding carboxylic acids is 1. The maximum Gasteiger partial charge on any atom is 0.338 e. The number of anilines is 1. The molecule has 2 rings (SSSR count). The number of ether oxygens (including phenoxy) is 1. The minimum Gasteiger partial charge on any atom is -0.457 e. The molecule has 6 heteroatoms. The molecule has 1 aromatic heterocycles. The SMILES string of the molecule is Cn1cc(COC(=O)c2cc(N)cc(Br)c2)cn1. The van der Waals surface area contributed by atoms with Crippen LogP contribution in [0.25, 0.3) is 0 Å². The van der Waals surface area contributed by atoms with Crippen LogP contribution in [0.1, 0.15) is 15.9 Å². The van der Waals surface area contributed by atoms with Crippen LogP contribution in [0.15, 0.2) is 35.1 Å². The molecule has 0 bridgehead atoms. The molecule has 18 heavy (non-hydrogen) atoms. The maximum atomic E-state index is 11.8. The van der Waals surface area contributed by atoms with Crippen molar-refractivity contribution in [2.45, 2.75) is 6.61 Å². The monoisotopic (exact) mass is 309 g/mol. The molecule has 0 spiro atoms. The number of esters is 1. The largest absolute Gasteiger partial charge is 0.457 e. The number of aryl methyl sites for hydroxylation is 1. The molecule has 0 saturated carbocycles.